The van der Waals surface area contributed by atoms with Gasteiger partial charge in [-0.2, -0.15) is 0 Å². The van der Waals surface area contributed by atoms with E-state index in [9.17, 15) is 9.59 Å². The number of amides is 1. The van der Waals surface area contributed by atoms with Crippen molar-refractivity contribution >= 4 is 28.4 Å². The second-order valence-electron chi connectivity index (χ2n) is 7.07. The Hall–Kier alpha value is -3.07. The summed E-state index contributed by atoms with van der Waals surface area (Å²) in [4.78, 5) is 31.2. The molecular formula is C24H23ClN2O3. The fourth-order valence-corrected chi connectivity index (χ4v) is 3.31. The summed E-state index contributed by atoms with van der Waals surface area (Å²) in [5, 5.41) is 9.91. The van der Waals surface area contributed by atoms with E-state index in [1.54, 1.807) is 35.2 Å². The minimum absolute atomic E-state index is 0.0509. The predicted molar refractivity (Wildman–Crippen MR) is 120 cm³/mol. The maximum atomic E-state index is 13.4. The monoisotopic (exact) mass is 422 g/mol. The second kappa shape index (κ2) is 9.62. The van der Waals surface area contributed by atoms with Gasteiger partial charge in [-0.1, -0.05) is 42.5 Å². The summed E-state index contributed by atoms with van der Waals surface area (Å²) >= 11 is 5.97. The van der Waals surface area contributed by atoms with Gasteiger partial charge in [-0.15, -0.1) is 0 Å². The first-order valence-corrected chi connectivity index (χ1v) is 10.1. The van der Waals surface area contributed by atoms with Gasteiger partial charge >= 0.3 is 0 Å². The smallest absolute Gasteiger partial charge is 0.259 e. The SMILES string of the molecule is CCC(C)N(Cc1ccc(Cl)cc1)C(=O)c1c[nH]c2ccc(C#CCO)cc2c1=O. The Balaban J connectivity index is 2.01. The molecule has 0 aliphatic heterocycles. The van der Waals surface area contributed by atoms with E-state index in [4.69, 9.17) is 16.7 Å². The van der Waals surface area contributed by atoms with Crippen LogP contribution >= 0.6 is 11.6 Å². The summed E-state index contributed by atoms with van der Waals surface area (Å²) in [7, 11) is 0. The topological polar surface area (TPSA) is 73.4 Å². The third-order valence-corrected chi connectivity index (χ3v) is 5.32. The number of H-pyrrole nitrogens is 1. The van der Waals surface area contributed by atoms with Crippen molar-refractivity contribution in [2.24, 2.45) is 0 Å². The zero-order valence-electron chi connectivity index (χ0n) is 16.9. The highest BCUT2D eigenvalue weighted by atomic mass is 35.5. The average Bonchev–Trinajstić information content (AvgIpc) is 2.76. The molecule has 0 aliphatic carbocycles. The summed E-state index contributed by atoms with van der Waals surface area (Å²) in [6.45, 7) is 4.08. The molecule has 3 rings (SSSR count). The van der Waals surface area contributed by atoms with Crippen molar-refractivity contribution in [1.29, 1.82) is 0 Å². The Morgan fingerprint density at radius 3 is 2.63 bits per heavy atom. The van der Waals surface area contributed by atoms with Crippen molar-refractivity contribution in [3.63, 3.8) is 0 Å². The molecule has 30 heavy (non-hydrogen) atoms. The Kier molecular flexibility index (Phi) is 6.94. The first-order chi connectivity index (χ1) is 14.4. The number of hydrogen-bond acceptors (Lipinski definition) is 3. The number of fused-ring (bicyclic) bond motifs is 1. The maximum absolute atomic E-state index is 13.4. The molecule has 1 atom stereocenters. The molecule has 0 saturated carbocycles. The van der Waals surface area contributed by atoms with Gasteiger partial charge in [0.15, 0.2) is 0 Å². The molecule has 1 heterocycles. The van der Waals surface area contributed by atoms with Crippen LogP contribution in [0.5, 0.6) is 0 Å². The van der Waals surface area contributed by atoms with Crippen LogP contribution in [-0.4, -0.2) is 33.5 Å². The molecule has 2 N–H and O–H groups in total. The molecule has 1 aromatic heterocycles. The van der Waals surface area contributed by atoms with Gasteiger partial charge in [0, 0.05) is 40.3 Å². The molecule has 5 nitrogen and oxygen atoms in total. The van der Waals surface area contributed by atoms with Gasteiger partial charge in [-0.25, -0.2) is 0 Å². The van der Waals surface area contributed by atoms with Crippen molar-refractivity contribution in [2.75, 3.05) is 6.61 Å². The van der Waals surface area contributed by atoms with Gasteiger partial charge in [-0.05, 0) is 49.2 Å². The van der Waals surface area contributed by atoms with Gasteiger partial charge < -0.3 is 15.0 Å². The number of pyridine rings is 1. The first kappa shape index (κ1) is 21.6. The number of benzene rings is 2. The number of hydrogen-bond donors (Lipinski definition) is 2. The molecule has 0 spiro atoms. The molecule has 0 aliphatic rings. The van der Waals surface area contributed by atoms with Crippen LogP contribution < -0.4 is 5.43 Å². The normalized spacial score (nSPS) is 11.6. The van der Waals surface area contributed by atoms with Crippen LogP contribution in [0.3, 0.4) is 0 Å². The molecule has 0 fully saturated rings. The van der Waals surface area contributed by atoms with E-state index >= 15 is 0 Å². The molecule has 0 bridgehead atoms. The van der Waals surface area contributed by atoms with Gasteiger partial charge in [-0.3, -0.25) is 9.59 Å². The number of aromatic nitrogens is 1. The Morgan fingerprint density at radius 1 is 1.23 bits per heavy atom. The third kappa shape index (κ3) is 4.73. The van der Waals surface area contributed by atoms with Crippen LogP contribution in [-0.2, 0) is 6.54 Å². The average molecular weight is 423 g/mol. The highest BCUT2D eigenvalue weighted by Gasteiger charge is 2.24. The van der Waals surface area contributed by atoms with Crippen LogP contribution in [0.2, 0.25) is 5.02 Å². The Labute approximate surface area is 180 Å². The van der Waals surface area contributed by atoms with Crippen LogP contribution in [0.1, 0.15) is 41.8 Å². The van der Waals surface area contributed by atoms with E-state index < -0.39 is 0 Å². The minimum Gasteiger partial charge on any atom is -0.384 e. The van der Waals surface area contributed by atoms with Gasteiger partial charge in [0.05, 0.1) is 0 Å². The number of rotatable bonds is 5. The molecule has 0 radical (unpaired) electrons. The lowest BCUT2D eigenvalue weighted by Crippen LogP contribution is -2.40. The number of aromatic amines is 1. The summed E-state index contributed by atoms with van der Waals surface area (Å²) in [6.07, 6.45) is 2.23. The quantitative estimate of drug-likeness (QED) is 0.611. The van der Waals surface area contributed by atoms with E-state index in [1.165, 1.54) is 6.20 Å². The summed E-state index contributed by atoms with van der Waals surface area (Å²) in [5.41, 5.74) is 1.91. The molecule has 6 heteroatoms. The minimum atomic E-state index is -0.342. The number of carbonyl (C=O) groups is 1. The number of aliphatic hydroxyl groups excluding tert-OH is 1. The Morgan fingerprint density at radius 2 is 1.97 bits per heavy atom. The summed E-state index contributed by atoms with van der Waals surface area (Å²) in [5.74, 6) is 5.03. The van der Waals surface area contributed by atoms with Crippen molar-refractivity contribution in [3.05, 3.63) is 80.6 Å². The van der Waals surface area contributed by atoms with E-state index in [1.807, 2.05) is 26.0 Å². The lowest BCUT2D eigenvalue weighted by molar-refractivity contribution is 0.0670. The number of halogens is 1. The van der Waals surface area contributed by atoms with Crippen LogP contribution in [0.15, 0.2) is 53.5 Å². The number of aliphatic hydroxyl groups is 1. The molecular weight excluding hydrogens is 400 g/mol. The molecule has 154 valence electrons. The predicted octanol–water partition coefficient (Wildman–Crippen LogP) is 3.97. The van der Waals surface area contributed by atoms with Gasteiger partial charge in [0.1, 0.15) is 12.2 Å². The number of carbonyl (C=O) groups excluding carboxylic acids is 1. The molecule has 2 aromatic carbocycles. The number of nitrogens with zero attached hydrogens (tertiary/aromatic N) is 1. The van der Waals surface area contributed by atoms with E-state index in [0.717, 1.165) is 12.0 Å². The summed E-state index contributed by atoms with van der Waals surface area (Å²) < 4.78 is 0. The summed E-state index contributed by atoms with van der Waals surface area (Å²) in [6, 6.07) is 12.4. The standard InChI is InChI=1S/C24H23ClN2O3/c1-3-16(2)27(15-18-6-9-19(25)10-7-18)24(30)21-14-26-22-11-8-17(5-4-12-28)13-20(22)23(21)29/h6-11,13-14,16,28H,3,12,15H2,1-2H3,(H,26,29). The fourth-order valence-electron chi connectivity index (χ4n) is 3.19. The third-order valence-electron chi connectivity index (χ3n) is 5.07. The van der Waals surface area contributed by atoms with Crippen molar-refractivity contribution in [3.8, 4) is 11.8 Å². The number of nitrogens with one attached hydrogen (secondary N) is 1. The van der Waals surface area contributed by atoms with Crippen molar-refractivity contribution < 1.29 is 9.90 Å². The van der Waals surface area contributed by atoms with Crippen molar-refractivity contribution in [1.82, 2.24) is 9.88 Å². The van der Waals surface area contributed by atoms with Gasteiger partial charge in [0.25, 0.3) is 5.91 Å². The van der Waals surface area contributed by atoms with Crippen LogP contribution in [0.4, 0.5) is 0 Å². The molecule has 0 saturated heterocycles. The van der Waals surface area contributed by atoms with E-state index in [2.05, 4.69) is 16.8 Å². The molecule has 3 aromatic rings. The van der Waals surface area contributed by atoms with Crippen LogP contribution in [0, 0.1) is 11.8 Å². The Bertz CT molecular complexity index is 1170. The fraction of sp³-hybridized carbons (Fsp3) is 0.250. The molecule has 1 unspecified atom stereocenters. The van der Waals surface area contributed by atoms with Crippen LogP contribution in [0.25, 0.3) is 10.9 Å². The van der Waals surface area contributed by atoms with E-state index in [0.29, 0.717) is 28.0 Å². The molecule has 1 amide bonds. The second-order valence-corrected chi connectivity index (χ2v) is 7.50. The highest BCUT2D eigenvalue weighted by Crippen LogP contribution is 2.17. The largest absolute Gasteiger partial charge is 0.384 e. The zero-order chi connectivity index (χ0) is 21.7. The zero-order valence-corrected chi connectivity index (χ0v) is 17.7. The van der Waals surface area contributed by atoms with Crippen molar-refractivity contribution in [2.45, 2.75) is 32.9 Å². The van der Waals surface area contributed by atoms with Gasteiger partial charge in [0.2, 0.25) is 5.43 Å². The maximum Gasteiger partial charge on any atom is 0.259 e. The lowest BCUT2D eigenvalue weighted by atomic mass is 10.1. The lowest BCUT2D eigenvalue weighted by Gasteiger charge is -2.28. The van der Waals surface area contributed by atoms with E-state index in [-0.39, 0.29) is 29.5 Å². The first-order valence-electron chi connectivity index (χ1n) is 9.75. The highest BCUT2D eigenvalue weighted by molar-refractivity contribution is 6.30.